The maximum absolute atomic E-state index is 13.1. The van der Waals surface area contributed by atoms with Crippen LogP contribution in [0.1, 0.15) is 41.9 Å². The van der Waals surface area contributed by atoms with Crippen LogP contribution in [0.3, 0.4) is 0 Å². The monoisotopic (exact) mass is 398 g/mol. The Kier molecular flexibility index (Phi) is 5.14. The predicted molar refractivity (Wildman–Crippen MR) is 110 cm³/mol. The van der Waals surface area contributed by atoms with Gasteiger partial charge in [0, 0.05) is 22.5 Å². The summed E-state index contributed by atoms with van der Waals surface area (Å²) in [5, 5.41) is 1.99. The first-order chi connectivity index (χ1) is 13.1. The highest BCUT2D eigenvalue weighted by Gasteiger charge is 2.36. The number of aromatic nitrogens is 3. The molecule has 0 spiro atoms. The summed E-state index contributed by atoms with van der Waals surface area (Å²) in [7, 11) is 0. The van der Waals surface area contributed by atoms with Gasteiger partial charge < -0.3 is 4.90 Å². The highest BCUT2D eigenvalue weighted by molar-refractivity contribution is 8.00. The van der Waals surface area contributed by atoms with Crippen molar-refractivity contribution >= 4 is 39.2 Å². The van der Waals surface area contributed by atoms with E-state index in [0.29, 0.717) is 11.8 Å². The average Bonchev–Trinajstić information content (AvgIpc) is 3.46. The molecule has 0 radical (unpaired) electrons. The van der Waals surface area contributed by atoms with Gasteiger partial charge >= 0.3 is 0 Å². The lowest BCUT2D eigenvalue weighted by molar-refractivity contribution is -0.131. The molecule has 27 heavy (non-hydrogen) atoms. The van der Waals surface area contributed by atoms with Crippen LogP contribution in [-0.2, 0) is 4.79 Å². The van der Waals surface area contributed by atoms with E-state index in [1.807, 2.05) is 23.1 Å². The highest BCUT2D eigenvalue weighted by Crippen LogP contribution is 2.37. The zero-order valence-corrected chi connectivity index (χ0v) is 17.3. The van der Waals surface area contributed by atoms with Crippen LogP contribution in [0.4, 0.5) is 0 Å². The third-order valence-electron chi connectivity index (χ3n) is 5.02. The minimum atomic E-state index is -0.0117. The summed E-state index contributed by atoms with van der Waals surface area (Å²) in [5.41, 5.74) is 2.16. The summed E-state index contributed by atoms with van der Waals surface area (Å²) < 4.78 is 0. The maximum Gasteiger partial charge on any atom is 0.233 e. The van der Waals surface area contributed by atoms with Gasteiger partial charge in [0.2, 0.25) is 5.91 Å². The largest absolute Gasteiger partial charge is 0.331 e. The molecule has 3 heterocycles. The lowest BCUT2D eigenvalue weighted by Gasteiger charge is -2.29. The first kappa shape index (κ1) is 18.4. The number of thiophene rings is 1. The van der Waals surface area contributed by atoms with Gasteiger partial charge in [-0.25, -0.2) is 9.97 Å². The first-order valence-corrected chi connectivity index (χ1v) is 10.9. The number of aryl methyl sites for hydroxylation is 2. The standard InChI is InChI=1S/C20H22N4OS2/c1-12-14(3)27-20-18(12)19(22-11-23-20)26-10-17(25)24(15-7-8-15)13(2)16-6-4-5-9-21-16/h4-6,9,11,13,15H,7-8,10H2,1-3H3. The number of nitrogens with zero attached hydrogens (tertiary/aromatic N) is 4. The molecule has 0 aromatic carbocycles. The van der Waals surface area contributed by atoms with Crippen molar-refractivity contribution in [1.29, 1.82) is 0 Å². The van der Waals surface area contributed by atoms with E-state index >= 15 is 0 Å². The summed E-state index contributed by atoms with van der Waals surface area (Å²) in [6.45, 7) is 6.27. The molecule has 1 fully saturated rings. The second-order valence-electron chi connectivity index (χ2n) is 6.89. The molecule has 1 amide bonds. The summed E-state index contributed by atoms with van der Waals surface area (Å²) in [4.78, 5) is 30.6. The van der Waals surface area contributed by atoms with Crippen molar-refractivity contribution in [2.45, 2.75) is 50.7 Å². The van der Waals surface area contributed by atoms with E-state index in [2.05, 4.69) is 35.7 Å². The van der Waals surface area contributed by atoms with E-state index < -0.39 is 0 Å². The predicted octanol–water partition coefficient (Wildman–Crippen LogP) is 4.55. The molecule has 0 saturated heterocycles. The Morgan fingerprint density at radius 3 is 2.81 bits per heavy atom. The van der Waals surface area contributed by atoms with E-state index in [1.54, 1.807) is 23.9 Å². The Morgan fingerprint density at radius 2 is 2.11 bits per heavy atom. The van der Waals surface area contributed by atoms with Crippen LogP contribution in [0.15, 0.2) is 35.7 Å². The Hall–Kier alpha value is -1.99. The molecule has 3 aromatic rings. The molecule has 140 valence electrons. The van der Waals surface area contributed by atoms with Crippen molar-refractivity contribution < 1.29 is 4.79 Å². The van der Waals surface area contributed by atoms with Crippen molar-refractivity contribution in [3.05, 3.63) is 46.9 Å². The number of rotatable bonds is 6. The van der Waals surface area contributed by atoms with Gasteiger partial charge in [0.25, 0.3) is 0 Å². The molecule has 1 atom stereocenters. The number of thioether (sulfide) groups is 1. The van der Waals surface area contributed by atoms with Crippen LogP contribution in [0.25, 0.3) is 10.2 Å². The van der Waals surface area contributed by atoms with Crippen molar-refractivity contribution in [2.75, 3.05) is 5.75 Å². The zero-order chi connectivity index (χ0) is 19.0. The van der Waals surface area contributed by atoms with Gasteiger partial charge in [-0.3, -0.25) is 9.78 Å². The number of carbonyl (C=O) groups is 1. The number of pyridine rings is 1. The molecule has 4 rings (SSSR count). The second-order valence-corrected chi connectivity index (χ2v) is 9.06. The molecule has 1 saturated carbocycles. The first-order valence-electron chi connectivity index (χ1n) is 9.12. The fraction of sp³-hybridized carbons (Fsp3) is 0.400. The van der Waals surface area contributed by atoms with Crippen molar-refractivity contribution in [3.63, 3.8) is 0 Å². The number of carbonyl (C=O) groups excluding carboxylic acids is 1. The second kappa shape index (κ2) is 7.56. The molecule has 1 aliphatic rings. The van der Waals surface area contributed by atoms with E-state index in [4.69, 9.17) is 0 Å². The fourth-order valence-electron chi connectivity index (χ4n) is 3.32. The smallest absolute Gasteiger partial charge is 0.233 e. The van der Waals surface area contributed by atoms with Gasteiger partial charge in [-0.2, -0.15) is 0 Å². The molecule has 0 bridgehead atoms. The van der Waals surface area contributed by atoms with E-state index in [0.717, 1.165) is 33.8 Å². The third kappa shape index (κ3) is 3.71. The number of hydrogen-bond donors (Lipinski definition) is 0. The molecule has 5 nitrogen and oxygen atoms in total. The summed E-state index contributed by atoms with van der Waals surface area (Å²) in [5.74, 6) is 0.533. The van der Waals surface area contributed by atoms with Gasteiger partial charge in [-0.1, -0.05) is 17.8 Å². The van der Waals surface area contributed by atoms with Gasteiger partial charge in [0.05, 0.1) is 17.5 Å². The van der Waals surface area contributed by atoms with Gasteiger partial charge in [-0.05, 0) is 51.3 Å². The molecule has 0 N–H and O–H groups in total. The van der Waals surface area contributed by atoms with Crippen LogP contribution in [0, 0.1) is 13.8 Å². The van der Waals surface area contributed by atoms with Crippen molar-refractivity contribution in [2.24, 2.45) is 0 Å². The maximum atomic E-state index is 13.1. The van der Waals surface area contributed by atoms with Crippen LogP contribution in [0.5, 0.6) is 0 Å². The fourth-order valence-corrected chi connectivity index (χ4v) is 5.30. The van der Waals surface area contributed by atoms with Gasteiger partial charge in [0.15, 0.2) is 0 Å². The van der Waals surface area contributed by atoms with Gasteiger partial charge in [0.1, 0.15) is 16.2 Å². The summed E-state index contributed by atoms with van der Waals surface area (Å²) >= 11 is 3.20. The van der Waals surface area contributed by atoms with E-state index in [-0.39, 0.29) is 11.9 Å². The quantitative estimate of drug-likeness (QED) is 0.450. The highest BCUT2D eigenvalue weighted by atomic mass is 32.2. The minimum Gasteiger partial charge on any atom is -0.331 e. The molecular formula is C20H22N4OS2. The van der Waals surface area contributed by atoms with E-state index in [9.17, 15) is 4.79 Å². The lowest BCUT2D eigenvalue weighted by Crippen LogP contribution is -2.37. The lowest BCUT2D eigenvalue weighted by atomic mass is 10.1. The Bertz CT molecular complexity index is 969. The topological polar surface area (TPSA) is 59.0 Å². The molecule has 0 aliphatic heterocycles. The molecule has 1 aliphatic carbocycles. The Balaban J connectivity index is 1.53. The van der Waals surface area contributed by atoms with Crippen LogP contribution < -0.4 is 0 Å². The zero-order valence-electron chi connectivity index (χ0n) is 15.7. The van der Waals surface area contributed by atoms with Gasteiger partial charge in [-0.15, -0.1) is 11.3 Å². The Morgan fingerprint density at radius 1 is 1.30 bits per heavy atom. The number of amides is 1. The third-order valence-corrected chi connectivity index (χ3v) is 7.11. The molecule has 3 aromatic heterocycles. The summed E-state index contributed by atoms with van der Waals surface area (Å²) in [6.07, 6.45) is 5.54. The van der Waals surface area contributed by atoms with Crippen molar-refractivity contribution in [1.82, 2.24) is 19.9 Å². The Labute approximate surface area is 167 Å². The molecular weight excluding hydrogens is 376 g/mol. The normalized spacial score (nSPS) is 15.1. The van der Waals surface area contributed by atoms with Crippen LogP contribution in [-0.4, -0.2) is 37.6 Å². The number of hydrogen-bond acceptors (Lipinski definition) is 6. The van der Waals surface area contributed by atoms with E-state index in [1.165, 1.54) is 22.2 Å². The molecule has 1 unspecified atom stereocenters. The SMILES string of the molecule is Cc1sc2ncnc(SCC(=O)N(C3CC3)C(C)c3ccccn3)c2c1C. The van der Waals surface area contributed by atoms with Crippen LogP contribution >= 0.6 is 23.1 Å². The van der Waals surface area contributed by atoms with Crippen LogP contribution in [0.2, 0.25) is 0 Å². The number of fused-ring (bicyclic) bond motifs is 1. The van der Waals surface area contributed by atoms with Crippen molar-refractivity contribution in [3.8, 4) is 0 Å². The minimum absolute atomic E-state index is 0.0117. The summed E-state index contributed by atoms with van der Waals surface area (Å²) in [6, 6.07) is 6.20. The average molecular weight is 399 g/mol. The molecule has 7 heteroatoms.